The SMILES string of the molecule is O=C(Cc1nnc(CCl)o1)N1CCCC1. The molecule has 1 saturated heterocycles. The summed E-state index contributed by atoms with van der Waals surface area (Å²) in [6.07, 6.45) is 2.36. The quantitative estimate of drug-likeness (QED) is 0.725. The lowest BCUT2D eigenvalue weighted by Gasteiger charge is -2.13. The molecule has 1 fully saturated rings. The topological polar surface area (TPSA) is 59.2 Å². The summed E-state index contributed by atoms with van der Waals surface area (Å²) in [6, 6.07) is 0. The molecule has 0 aromatic carbocycles. The van der Waals surface area contributed by atoms with Crippen molar-refractivity contribution in [3.8, 4) is 0 Å². The molecular weight excluding hydrogens is 218 g/mol. The zero-order valence-corrected chi connectivity index (χ0v) is 9.03. The van der Waals surface area contributed by atoms with Gasteiger partial charge in [0.2, 0.25) is 17.7 Å². The number of hydrogen-bond donors (Lipinski definition) is 0. The second-order valence-corrected chi connectivity index (χ2v) is 3.76. The van der Waals surface area contributed by atoms with Gasteiger partial charge in [-0.2, -0.15) is 0 Å². The van der Waals surface area contributed by atoms with Gasteiger partial charge in [-0.1, -0.05) is 0 Å². The van der Waals surface area contributed by atoms with Crippen molar-refractivity contribution in [2.24, 2.45) is 0 Å². The van der Waals surface area contributed by atoms with E-state index in [1.807, 2.05) is 4.90 Å². The Balaban J connectivity index is 1.92. The van der Waals surface area contributed by atoms with Gasteiger partial charge in [-0.25, -0.2) is 0 Å². The lowest BCUT2D eigenvalue weighted by atomic mass is 10.4. The van der Waals surface area contributed by atoms with Crippen LogP contribution in [0.2, 0.25) is 0 Å². The molecule has 5 nitrogen and oxygen atoms in total. The number of rotatable bonds is 3. The van der Waals surface area contributed by atoms with Crippen molar-refractivity contribution in [2.45, 2.75) is 25.1 Å². The number of hydrogen-bond acceptors (Lipinski definition) is 4. The molecule has 2 rings (SSSR count). The Kier molecular flexibility index (Phi) is 3.20. The fourth-order valence-electron chi connectivity index (χ4n) is 1.62. The van der Waals surface area contributed by atoms with Crippen molar-refractivity contribution in [2.75, 3.05) is 13.1 Å². The van der Waals surface area contributed by atoms with E-state index in [4.69, 9.17) is 16.0 Å². The standard InChI is InChI=1S/C9H12ClN3O2/c10-6-8-12-11-7(15-8)5-9(14)13-3-1-2-4-13/h1-6H2. The highest BCUT2D eigenvalue weighted by molar-refractivity contribution is 6.16. The Labute approximate surface area is 92.4 Å². The van der Waals surface area contributed by atoms with Crippen LogP contribution in [0, 0.1) is 0 Å². The van der Waals surface area contributed by atoms with Gasteiger partial charge in [-0.15, -0.1) is 21.8 Å². The van der Waals surface area contributed by atoms with Crippen LogP contribution >= 0.6 is 11.6 Å². The zero-order chi connectivity index (χ0) is 10.7. The van der Waals surface area contributed by atoms with E-state index >= 15 is 0 Å². The molecule has 6 heteroatoms. The van der Waals surface area contributed by atoms with E-state index < -0.39 is 0 Å². The van der Waals surface area contributed by atoms with Gasteiger partial charge in [-0.05, 0) is 12.8 Å². The van der Waals surface area contributed by atoms with Crippen LogP contribution in [0.25, 0.3) is 0 Å². The highest BCUT2D eigenvalue weighted by Crippen LogP contribution is 2.10. The third kappa shape index (κ3) is 2.47. The molecule has 0 unspecified atom stereocenters. The number of aromatic nitrogens is 2. The van der Waals surface area contributed by atoms with Crippen LogP contribution in [-0.2, 0) is 17.1 Å². The number of amides is 1. The first-order valence-electron chi connectivity index (χ1n) is 4.94. The van der Waals surface area contributed by atoms with Gasteiger partial charge in [0.15, 0.2) is 0 Å². The summed E-state index contributed by atoms with van der Waals surface area (Å²) in [5, 5.41) is 7.44. The fraction of sp³-hybridized carbons (Fsp3) is 0.667. The highest BCUT2D eigenvalue weighted by atomic mass is 35.5. The second kappa shape index (κ2) is 4.61. The third-order valence-electron chi connectivity index (χ3n) is 2.38. The second-order valence-electron chi connectivity index (χ2n) is 3.49. The Hall–Kier alpha value is -1.10. The molecule has 1 amide bonds. The molecule has 1 aliphatic heterocycles. The number of likely N-dealkylation sites (tertiary alicyclic amines) is 1. The Morgan fingerprint density at radius 1 is 1.33 bits per heavy atom. The molecule has 0 bridgehead atoms. The molecule has 15 heavy (non-hydrogen) atoms. The maximum Gasteiger partial charge on any atom is 0.231 e. The molecule has 0 radical (unpaired) electrons. The molecule has 0 aliphatic carbocycles. The van der Waals surface area contributed by atoms with Crippen molar-refractivity contribution >= 4 is 17.5 Å². The Morgan fingerprint density at radius 2 is 2.00 bits per heavy atom. The first-order valence-corrected chi connectivity index (χ1v) is 5.48. The fourth-order valence-corrected chi connectivity index (χ4v) is 1.73. The maximum atomic E-state index is 11.7. The van der Waals surface area contributed by atoms with Gasteiger partial charge in [0, 0.05) is 13.1 Å². The predicted molar refractivity (Wildman–Crippen MR) is 53.4 cm³/mol. The lowest BCUT2D eigenvalue weighted by Crippen LogP contribution is -2.29. The van der Waals surface area contributed by atoms with E-state index in [9.17, 15) is 4.79 Å². The minimum absolute atomic E-state index is 0.0530. The first kappa shape index (κ1) is 10.4. The van der Waals surface area contributed by atoms with E-state index in [1.165, 1.54) is 0 Å². The summed E-state index contributed by atoms with van der Waals surface area (Å²) in [5.74, 6) is 0.950. The summed E-state index contributed by atoms with van der Waals surface area (Å²) in [5.41, 5.74) is 0. The molecule has 82 valence electrons. The monoisotopic (exact) mass is 229 g/mol. The van der Waals surface area contributed by atoms with Gasteiger partial charge in [-0.3, -0.25) is 4.79 Å². The van der Waals surface area contributed by atoms with Crippen LogP contribution in [0.4, 0.5) is 0 Å². The summed E-state index contributed by atoms with van der Waals surface area (Å²) in [4.78, 5) is 13.5. The van der Waals surface area contributed by atoms with E-state index in [0.717, 1.165) is 25.9 Å². The number of halogens is 1. The molecule has 0 atom stereocenters. The predicted octanol–water partition coefficient (Wildman–Crippen LogP) is 0.973. The van der Waals surface area contributed by atoms with Gasteiger partial charge < -0.3 is 9.32 Å². The molecule has 1 aliphatic rings. The molecule has 0 saturated carbocycles. The highest BCUT2D eigenvalue weighted by Gasteiger charge is 2.20. The van der Waals surface area contributed by atoms with Crippen molar-refractivity contribution < 1.29 is 9.21 Å². The number of alkyl halides is 1. The van der Waals surface area contributed by atoms with Crippen LogP contribution in [0.1, 0.15) is 24.6 Å². The van der Waals surface area contributed by atoms with Crippen molar-refractivity contribution in [3.05, 3.63) is 11.8 Å². The average Bonchev–Trinajstić information content (AvgIpc) is 2.87. The van der Waals surface area contributed by atoms with Gasteiger partial charge >= 0.3 is 0 Å². The van der Waals surface area contributed by atoms with E-state index in [-0.39, 0.29) is 18.2 Å². The van der Waals surface area contributed by atoms with Crippen LogP contribution in [0.5, 0.6) is 0 Å². The minimum atomic E-state index is 0.0530. The van der Waals surface area contributed by atoms with Gasteiger partial charge in [0.1, 0.15) is 12.3 Å². The molecular formula is C9H12ClN3O2. The van der Waals surface area contributed by atoms with Crippen molar-refractivity contribution in [1.29, 1.82) is 0 Å². The van der Waals surface area contributed by atoms with E-state index in [2.05, 4.69) is 10.2 Å². The Morgan fingerprint density at radius 3 is 2.60 bits per heavy atom. The van der Waals surface area contributed by atoms with E-state index in [1.54, 1.807) is 0 Å². The summed E-state index contributed by atoms with van der Waals surface area (Å²) < 4.78 is 5.16. The number of nitrogens with zero attached hydrogens (tertiary/aromatic N) is 3. The third-order valence-corrected chi connectivity index (χ3v) is 2.61. The summed E-state index contributed by atoms with van der Waals surface area (Å²) in [7, 11) is 0. The van der Waals surface area contributed by atoms with Crippen LogP contribution in [0.3, 0.4) is 0 Å². The van der Waals surface area contributed by atoms with Crippen LogP contribution in [0.15, 0.2) is 4.42 Å². The lowest BCUT2D eigenvalue weighted by molar-refractivity contribution is -0.129. The molecule has 1 aromatic rings. The normalized spacial score (nSPS) is 15.9. The van der Waals surface area contributed by atoms with Gasteiger partial charge in [0.25, 0.3) is 0 Å². The minimum Gasteiger partial charge on any atom is -0.423 e. The molecule has 2 heterocycles. The van der Waals surface area contributed by atoms with Crippen LogP contribution < -0.4 is 0 Å². The van der Waals surface area contributed by atoms with E-state index in [0.29, 0.717) is 11.8 Å². The molecule has 0 spiro atoms. The van der Waals surface area contributed by atoms with Crippen molar-refractivity contribution in [1.82, 2.24) is 15.1 Å². The smallest absolute Gasteiger partial charge is 0.231 e. The summed E-state index contributed by atoms with van der Waals surface area (Å²) >= 11 is 5.51. The summed E-state index contributed by atoms with van der Waals surface area (Å²) in [6.45, 7) is 1.69. The first-order chi connectivity index (χ1) is 7.29. The maximum absolute atomic E-state index is 11.7. The average molecular weight is 230 g/mol. The zero-order valence-electron chi connectivity index (χ0n) is 8.28. The molecule has 1 aromatic heterocycles. The Bertz CT molecular complexity index is 347. The number of carbonyl (C=O) groups excluding carboxylic acids is 1. The number of carbonyl (C=O) groups is 1. The van der Waals surface area contributed by atoms with Crippen molar-refractivity contribution in [3.63, 3.8) is 0 Å². The molecule has 0 N–H and O–H groups in total. The van der Waals surface area contributed by atoms with Crippen LogP contribution in [-0.4, -0.2) is 34.1 Å². The van der Waals surface area contributed by atoms with Gasteiger partial charge in [0.05, 0.1) is 0 Å². The largest absolute Gasteiger partial charge is 0.423 e.